The summed E-state index contributed by atoms with van der Waals surface area (Å²) in [4.78, 5) is 22.3. The van der Waals surface area contributed by atoms with Gasteiger partial charge in [0.1, 0.15) is 5.75 Å². The van der Waals surface area contributed by atoms with E-state index in [9.17, 15) is 9.59 Å². The van der Waals surface area contributed by atoms with Gasteiger partial charge in [-0.2, -0.15) is 0 Å². The van der Waals surface area contributed by atoms with Gasteiger partial charge in [0.05, 0.1) is 13.7 Å². The smallest absolute Gasteiger partial charge is 0.397 e. The topological polar surface area (TPSA) is 64.6 Å². The molecule has 0 aliphatic heterocycles. The van der Waals surface area contributed by atoms with Gasteiger partial charge in [0.25, 0.3) is 0 Å². The van der Waals surface area contributed by atoms with Crippen molar-refractivity contribution in [3.63, 3.8) is 0 Å². The van der Waals surface area contributed by atoms with Crippen LogP contribution in [0, 0.1) is 0 Å². The van der Waals surface area contributed by atoms with Gasteiger partial charge in [0.2, 0.25) is 0 Å². The zero-order valence-electron chi connectivity index (χ0n) is 9.15. The fourth-order valence-corrected chi connectivity index (χ4v) is 1.08. The number of nitrogens with one attached hydrogen (secondary N) is 1. The molecule has 0 radical (unpaired) electrons. The van der Waals surface area contributed by atoms with Gasteiger partial charge in [0, 0.05) is 11.8 Å². The Kier molecular flexibility index (Phi) is 4.32. The summed E-state index contributed by atoms with van der Waals surface area (Å²) in [6, 6.07) is 6.70. The number of hydrogen-bond donors (Lipinski definition) is 1. The molecule has 0 aliphatic carbocycles. The molecule has 1 rings (SSSR count). The maximum absolute atomic E-state index is 11.3. The number of benzene rings is 1. The Bertz CT molecular complexity index is 389. The van der Waals surface area contributed by atoms with Gasteiger partial charge in [-0.05, 0) is 19.1 Å². The Morgan fingerprint density at radius 3 is 2.75 bits per heavy atom. The molecule has 0 aliphatic rings. The number of methoxy groups -OCH3 is 1. The SMILES string of the molecule is CCOC(=O)C(=O)Nc1cccc(OC)c1. The minimum atomic E-state index is -0.898. The van der Waals surface area contributed by atoms with Crippen LogP contribution >= 0.6 is 0 Å². The second-order valence-corrected chi connectivity index (χ2v) is 2.91. The lowest BCUT2D eigenvalue weighted by Crippen LogP contribution is -2.24. The summed E-state index contributed by atoms with van der Waals surface area (Å²) in [5, 5.41) is 2.41. The average Bonchev–Trinajstić information content (AvgIpc) is 2.29. The van der Waals surface area contributed by atoms with Crippen LogP contribution in [-0.4, -0.2) is 25.6 Å². The second kappa shape index (κ2) is 5.75. The highest BCUT2D eigenvalue weighted by Crippen LogP contribution is 2.16. The van der Waals surface area contributed by atoms with Crippen molar-refractivity contribution < 1.29 is 19.1 Å². The quantitative estimate of drug-likeness (QED) is 0.617. The normalized spacial score (nSPS) is 9.38. The van der Waals surface area contributed by atoms with E-state index in [0.29, 0.717) is 11.4 Å². The van der Waals surface area contributed by atoms with E-state index in [1.807, 2.05) is 0 Å². The summed E-state index contributed by atoms with van der Waals surface area (Å²) < 4.78 is 9.53. The minimum Gasteiger partial charge on any atom is -0.497 e. The molecule has 0 saturated heterocycles. The largest absolute Gasteiger partial charge is 0.497 e. The van der Waals surface area contributed by atoms with E-state index in [1.165, 1.54) is 7.11 Å². The van der Waals surface area contributed by atoms with Crippen LogP contribution in [0.15, 0.2) is 24.3 Å². The van der Waals surface area contributed by atoms with Gasteiger partial charge in [0.15, 0.2) is 0 Å². The van der Waals surface area contributed by atoms with Gasteiger partial charge in [-0.1, -0.05) is 6.07 Å². The fraction of sp³-hybridized carbons (Fsp3) is 0.273. The summed E-state index contributed by atoms with van der Waals surface area (Å²) in [6.45, 7) is 1.81. The fourth-order valence-electron chi connectivity index (χ4n) is 1.08. The maximum Gasteiger partial charge on any atom is 0.397 e. The van der Waals surface area contributed by atoms with Crippen LogP contribution in [0.1, 0.15) is 6.92 Å². The zero-order chi connectivity index (χ0) is 12.0. The van der Waals surface area contributed by atoms with Crippen LogP contribution in [-0.2, 0) is 14.3 Å². The molecule has 1 amide bonds. The Balaban J connectivity index is 2.65. The third-order valence-corrected chi connectivity index (χ3v) is 1.79. The molecule has 1 aromatic rings. The molecule has 1 N–H and O–H groups in total. The molecule has 0 bridgehead atoms. The van der Waals surface area contributed by atoms with E-state index in [1.54, 1.807) is 31.2 Å². The molecule has 0 unspecified atom stereocenters. The van der Waals surface area contributed by atoms with Crippen molar-refractivity contribution in [3.8, 4) is 5.75 Å². The molecule has 86 valence electrons. The summed E-state index contributed by atoms with van der Waals surface area (Å²) >= 11 is 0. The van der Waals surface area contributed by atoms with Gasteiger partial charge in [-0.25, -0.2) is 4.79 Å². The summed E-state index contributed by atoms with van der Waals surface area (Å²) in [5.41, 5.74) is 0.484. The highest BCUT2D eigenvalue weighted by atomic mass is 16.5. The van der Waals surface area contributed by atoms with Crippen molar-refractivity contribution in [2.24, 2.45) is 0 Å². The predicted molar refractivity (Wildman–Crippen MR) is 58.3 cm³/mol. The number of rotatable bonds is 3. The van der Waals surface area contributed by atoms with E-state index < -0.39 is 11.9 Å². The van der Waals surface area contributed by atoms with Gasteiger partial charge in [-0.15, -0.1) is 0 Å². The molecular formula is C11H13NO4. The van der Waals surface area contributed by atoms with Crippen LogP contribution in [0.2, 0.25) is 0 Å². The van der Waals surface area contributed by atoms with E-state index in [2.05, 4.69) is 10.1 Å². The van der Waals surface area contributed by atoms with Crippen LogP contribution in [0.4, 0.5) is 5.69 Å². The molecule has 0 aromatic heterocycles. The lowest BCUT2D eigenvalue weighted by molar-refractivity contribution is -0.152. The molecular weight excluding hydrogens is 210 g/mol. The molecule has 0 spiro atoms. The molecule has 5 nitrogen and oxygen atoms in total. The standard InChI is InChI=1S/C11H13NO4/c1-3-16-11(14)10(13)12-8-5-4-6-9(7-8)15-2/h4-7H,3H2,1-2H3,(H,12,13). The minimum absolute atomic E-state index is 0.171. The van der Waals surface area contributed by atoms with Crippen molar-refractivity contribution in [2.75, 3.05) is 19.0 Å². The van der Waals surface area contributed by atoms with Gasteiger partial charge in [-0.3, -0.25) is 4.79 Å². The number of hydrogen-bond acceptors (Lipinski definition) is 4. The highest BCUT2D eigenvalue weighted by Gasteiger charge is 2.14. The Morgan fingerprint density at radius 1 is 1.38 bits per heavy atom. The molecule has 5 heteroatoms. The molecule has 1 aromatic carbocycles. The van der Waals surface area contributed by atoms with Crippen molar-refractivity contribution in [1.29, 1.82) is 0 Å². The molecule has 16 heavy (non-hydrogen) atoms. The van der Waals surface area contributed by atoms with Crippen LogP contribution in [0.5, 0.6) is 5.75 Å². The van der Waals surface area contributed by atoms with Crippen LogP contribution in [0.25, 0.3) is 0 Å². The summed E-state index contributed by atoms with van der Waals surface area (Å²) in [5.74, 6) is -1.10. The first-order chi connectivity index (χ1) is 7.67. The van der Waals surface area contributed by atoms with E-state index in [0.717, 1.165) is 0 Å². The van der Waals surface area contributed by atoms with Crippen molar-refractivity contribution >= 4 is 17.6 Å². The number of ether oxygens (including phenoxy) is 2. The molecule has 0 saturated carbocycles. The zero-order valence-corrected chi connectivity index (χ0v) is 9.15. The number of anilines is 1. The first-order valence-electron chi connectivity index (χ1n) is 4.79. The Labute approximate surface area is 93.4 Å². The number of esters is 1. The van der Waals surface area contributed by atoms with Gasteiger partial charge < -0.3 is 14.8 Å². The maximum atomic E-state index is 11.3. The Hall–Kier alpha value is -2.04. The van der Waals surface area contributed by atoms with E-state index >= 15 is 0 Å². The van der Waals surface area contributed by atoms with Crippen molar-refractivity contribution in [3.05, 3.63) is 24.3 Å². The highest BCUT2D eigenvalue weighted by molar-refractivity contribution is 6.37. The average molecular weight is 223 g/mol. The Morgan fingerprint density at radius 2 is 2.12 bits per heavy atom. The van der Waals surface area contributed by atoms with Crippen LogP contribution < -0.4 is 10.1 Å². The van der Waals surface area contributed by atoms with E-state index in [4.69, 9.17) is 4.74 Å². The lowest BCUT2D eigenvalue weighted by Gasteiger charge is -2.06. The summed E-state index contributed by atoms with van der Waals surface area (Å²) in [6.07, 6.45) is 0. The molecule has 0 fully saturated rings. The third-order valence-electron chi connectivity index (χ3n) is 1.79. The van der Waals surface area contributed by atoms with Crippen LogP contribution in [0.3, 0.4) is 0 Å². The lowest BCUT2D eigenvalue weighted by atomic mass is 10.3. The number of carbonyl (C=O) groups is 2. The summed E-state index contributed by atoms with van der Waals surface area (Å²) in [7, 11) is 1.52. The van der Waals surface area contributed by atoms with Crippen molar-refractivity contribution in [2.45, 2.75) is 6.92 Å². The molecule has 0 heterocycles. The molecule has 0 atom stereocenters. The monoisotopic (exact) mass is 223 g/mol. The predicted octanol–water partition coefficient (Wildman–Crippen LogP) is 1.20. The first kappa shape index (κ1) is 12.0. The number of carbonyl (C=O) groups excluding carboxylic acids is 2. The third kappa shape index (κ3) is 3.27. The first-order valence-corrected chi connectivity index (χ1v) is 4.79. The van der Waals surface area contributed by atoms with E-state index in [-0.39, 0.29) is 6.61 Å². The second-order valence-electron chi connectivity index (χ2n) is 2.91. The van der Waals surface area contributed by atoms with Crippen molar-refractivity contribution in [1.82, 2.24) is 0 Å². The number of amides is 1. The van der Waals surface area contributed by atoms with Gasteiger partial charge >= 0.3 is 11.9 Å².